The minimum Gasteiger partial charge on any atom is -0.505 e. The molecule has 7 heteroatoms. The molecule has 0 aliphatic carbocycles. The molecule has 0 bridgehead atoms. The highest BCUT2D eigenvalue weighted by Crippen LogP contribution is 2.33. The summed E-state index contributed by atoms with van der Waals surface area (Å²) >= 11 is 0. The maximum Gasteiger partial charge on any atom is 0.257 e. The normalized spacial score (nSPS) is 11.8. The topological polar surface area (TPSA) is 98.7 Å². The number of hydrogen-bond donors (Lipinski definition) is 3. The van der Waals surface area contributed by atoms with E-state index in [1.54, 1.807) is 20.2 Å². The SMILES string of the molecule is CC[C@H](Nc1c(Nc2cccc(C(=O)N(C)C)c2O)c(=O)c1=O)c1ccccc1. The zero-order valence-electron chi connectivity index (χ0n) is 16.5. The number of phenols is 1. The maximum atomic E-state index is 12.2. The average Bonchev–Trinajstić information content (AvgIpc) is 2.74. The summed E-state index contributed by atoms with van der Waals surface area (Å²) in [6.45, 7) is 1.98. The van der Waals surface area contributed by atoms with Crippen molar-refractivity contribution in [3.63, 3.8) is 0 Å². The fourth-order valence-electron chi connectivity index (χ4n) is 3.12. The van der Waals surface area contributed by atoms with Crippen LogP contribution in [0.15, 0.2) is 58.1 Å². The summed E-state index contributed by atoms with van der Waals surface area (Å²) in [4.78, 5) is 37.9. The van der Waals surface area contributed by atoms with Crippen LogP contribution in [0.2, 0.25) is 0 Å². The summed E-state index contributed by atoms with van der Waals surface area (Å²) in [7, 11) is 3.16. The summed E-state index contributed by atoms with van der Waals surface area (Å²) in [5.41, 5.74) is 0.254. The Morgan fingerprint density at radius 3 is 2.28 bits per heavy atom. The first kappa shape index (κ1) is 20.1. The third kappa shape index (κ3) is 3.85. The van der Waals surface area contributed by atoms with Crippen molar-refractivity contribution in [1.29, 1.82) is 0 Å². The Labute approximate surface area is 168 Å². The van der Waals surface area contributed by atoms with Crippen LogP contribution in [0, 0.1) is 0 Å². The molecule has 29 heavy (non-hydrogen) atoms. The molecule has 3 rings (SSSR count). The molecule has 3 aromatic carbocycles. The van der Waals surface area contributed by atoms with Gasteiger partial charge in [0.05, 0.1) is 17.3 Å². The Kier molecular flexibility index (Phi) is 5.68. The van der Waals surface area contributed by atoms with E-state index in [0.717, 1.165) is 5.56 Å². The highest BCUT2D eigenvalue weighted by Gasteiger charge is 2.25. The number of amides is 1. The second-order valence-corrected chi connectivity index (χ2v) is 6.95. The Morgan fingerprint density at radius 1 is 1.00 bits per heavy atom. The van der Waals surface area contributed by atoms with Crippen molar-refractivity contribution >= 4 is 23.0 Å². The Balaban J connectivity index is 1.90. The number of rotatable bonds is 7. The molecule has 0 spiro atoms. The van der Waals surface area contributed by atoms with Crippen LogP contribution in [-0.4, -0.2) is 30.0 Å². The highest BCUT2D eigenvalue weighted by atomic mass is 16.3. The zero-order valence-corrected chi connectivity index (χ0v) is 16.5. The number of carbonyl (C=O) groups excluding carboxylic acids is 1. The van der Waals surface area contributed by atoms with Crippen LogP contribution < -0.4 is 21.5 Å². The van der Waals surface area contributed by atoms with E-state index >= 15 is 0 Å². The predicted octanol–water partition coefficient (Wildman–Crippen LogP) is 3.00. The van der Waals surface area contributed by atoms with Crippen LogP contribution in [0.5, 0.6) is 5.75 Å². The summed E-state index contributed by atoms with van der Waals surface area (Å²) in [5.74, 6) is -0.648. The number of hydrogen-bond acceptors (Lipinski definition) is 6. The molecule has 0 fully saturated rings. The lowest BCUT2D eigenvalue weighted by Gasteiger charge is -2.22. The van der Waals surface area contributed by atoms with Gasteiger partial charge in [-0.3, -0.25) is 14.4 Å². The molecule has 0 aliphatic heterocycles. The van der Waals surface area contributed by atoms with Crippen LogP contribution in [0.25, 0.3) is 0 Å². The number of nitrogens with zero attached hydrogens (tertiary/aromatic N) is 1. The number of anilines is 3. The van der Waals surface area contributed by atoms with Crippen molar-refractivity contribution in [2.75, 3.05) is 24.7 Å². The molecule has 0 aromatic heterocycles. The second-order valence-electron chi connectivity index (χ2n) is 6.95. The number of para-hydroxylation sites is 1. The van der Waals surface area contributed by atoms with Gasteiger partial charge in [-0.25, -0.2) is 0 Å². The quantitative estimate of drug-likeness (QED) is 0.422. The second kappa shape index (κ2) is 8.18. The molecule has 0 saturated carbocycles. The lowest BCUT2D eigenvalue weighted by molar-refractivity contribution is 0.0824. The van der Waals surface area contributed by atoms with Crippen LogP contribution in [0.3, 0.4) is 0 Å². The van der Waals surface area contributed by atoms with E-state index in [0.29, 0.717) is 6.42 Å². The predicted molar refractivity (Wildman–Crippen MR) is 114 cm³/mol. The smallest absolute Gasteiger partial charge is 0.257 e. The van der Waals surface area contributed by atoms with Gasteiger partial charge in [0.25, 0.3) is 16.8 Å². The fraction of sp³-hybridized carbons (Fsp3) is 0.227. The first-order chi connectivity index (χ1) is 13.8. The van der Waals surface area contributed by atoms with Gasteiger partial charge in [-0.15, -0.1) is 0 Å². The van der Waals surface area contributed by atoms with Gasteiger partial charge in [0.1, 0.15) is 11.4 Å². The third-order valence-corrected chi connectivity index (χ3v) is 4.77. The Bertz CT molecular complexity index is 1100. The van der Waals surface area contributed by atoms with Gasteiger partial charge in [0.15, 0.2) is 5.75 Å². The molecule has 3 aromatic rings. The van der Waals surface area contributed by atoms with Crippen molar-refractivity contribution in [3.8, 4) is 5.75 Å². The minimum atomic E-state index is -0.667. The molecular formula is C22H23N3O4. The molecule has 0 unspecified atom stereocenters. The first-order valence-corrected chi connectivity index (χ1v) is 9.30. The number of nitrogens with one attached hydrogen (secondary N) is 2. The minimum absolute atomic E-state index is 0.0779. The third-order valence-electron chi connectivity index (χ3n) is 4.77. The average molecular weight is 393 g/mol. The van der Waals surface area contributed by atoms with Gasteiger partial charge >= 0.3 is 0 Å². The summed E-state index contributed by atoms with van der Waals surface area (Å²) in [5, 5.41) is 16.4. The van der Waals surface area contributed by atoms with Crippen molar-refractivity contribution in [1.82, 2.24) is 4.90 Å². The molecule has 0 aliphatic rings. The van der Waals surface area contributed by atoms with Crippen molar-refractivity contribution < 1.29 is 9.90 Å². The molecule has 0 radical (unpaired) electrons. The van der Waals surface area contributed by atoms with E-state index in [1.807, 2.05) is 37.3 Å². The zero-order chi connectivity index (χ0) is 21.1. The van der Waals surface area contributed by atoms with E-state index in [1.165, 1.54) is 17.0 Å². The van der Waals surface area contributed by atoms with Crippen LogP contribution in [-0.2, 0) is 0 Å². The number of benzene rings is 2. The van der Waals surface area contributed by atoms with Crippen molar-refractivity contribution in [2.45, 2.75) is 19.4 Å². The summed E-state index contributed by atoms with van der Waals surface area (Å²) in [6, 6.07) is 14.1. The van der Waals surface area contributed by atoms with Gasteiger partial charge in [0.2, 0.25) is 0 Å². The summed E-state index contributed by atoms with van der Waals surface area (Å²) in [6.07, 6.45) is 0.709. The largest absolute Gasteiger partial charge is 0.505 e. The number of phenolic OH excluding ortho intramolecular Hbond substituents is 1. The van der Waals surface area contributed by atoms with Crippen molar-refractivity contribution in [2.24, 2.45) is 0 Å². The summed E-state index contributed by atoms with van der Waals surface area (Å²) < 4.78 is 0. The lowest BCUT2D eigenvalue weighted by Crippen LogP contribution is -2.37. The number of aromatic hydroxyl groups is 1. The molecule has 1 atom stereocenters. The molecular weight excluding hydrogens is 370 g/mol. The van der Waals surface area contributed by atoms with Gasteiger partial charge < -0.3 is 20.6 Å². The van der Waals surface area contributed by atoms with Gasteiger partial charge in [0, 0.05) is 14.1 Å². The fourth-order valence-corrected chi connectivity index (χ4v) is 3.12. The van der Waals surface area contributed by atoms with E-state index < -0.39 is 10.9 Å². The van der Waals surface area contributed by atoms with Gasteiger partial charge in [-0.2, -0.15) is 0 Å². The van der Waals surface area contributed by atoms with Crippen LogP contribution in [0.1, 0.15) is 35.3 Å². The van der Waals surface area contributed by atoms with Gasteiger partial charge in [-0.1, -0.05) is 43.3 Å². The monoisotopic (exact) mass is 393 g/mol. The van der Waals surface area contributed by atoms with E-state index in [-0.39, 0.29) is 40.3 Å². The molecule has 1 amide bonds. The van der Waals surface area contributed by atoms with E-state index in [4.69, 9.17) is 0 Å². The van der Waals surface area contributed by atoms with Gasteiger partial charge in [-0.05, 0) is 24.1 Å². The lowest BCUT2D eigenvalue weighted by atomic mass is 10.0. The van der Waals surface area contributed by atoms with Crippen LogP contribution >= 0.6 is 0 Å². The maximum absolute atomic E-state index is 12.2. The Morgan fingerprint density at radius 2 is 1.66 bits per heavy atom. The van der Waals surface area contributed by atoms with E-state index in [9.17, 15) is 19.5 Å². The Hall–Kier alpha value is -3.61. The molecule has 150 valence electrons. The molecule has 7 nitrogen and oxygen atoms in total. The van der Waals surface area contributed by atoms with Crippen molar-refractivity contribution in [3.05, 3.63) is 80.1 Å². The molecule has 0 saturated heterocycles. The number of carbonyl (C=O) groups is 1. The van der Waals surface area contributed by atoms with E-state index in [2.05, 4.69) is 10.6 Å². The molecule has 0 heterocycles. The standard InChI is InChI=1S/C22H23N3O4/c1-4-15(13-9-6-5-7-10-13)23-17-18(21(28)20(17)27)24-16-12-8-11-14(19(16)26)22(29)25(2)3/h5-12,15,23-24,26H,4H2,1-3H3/t15-/m0/s1. The highest BCUT2D eigenvalue weighted by molar-refractivity contribution is 5.99. The van der Waals surface area contributed by atoms with Crippen LogP contribution in [0.4, 0.5) is 17.1 Å². The first-order valence-electron chi connectivity index (χ1n) is 9.30. The molecule has 3 N–H and O–H groups in total.